The fourth-order valence-corrected chi connectivity index (χ4v) is 12.6. The maximum atomic E-state index is 12.5. The Labute approximate surface area is 418 Å². The Morgan fingerprint density at radius 2 is 1.10 bits per heavy atom. The van der Waals surface area contributed by atoms with Crippen LogP contribution in [0.25, 0.3) is 21.5 Å². The van der Waals surface area contributed by atoms with Crippen molar-refractivity contribution in [1.29, 1.82) is 0 Å². The summed E-state index contributed by atoms with van der Waals surface area (Å²) >= 11 is 3.52. The van der Waals surface area contributed by atoms with E-state index in [4.69, 9.17) is 0 Å². The van der Waals surface area contributed by atoms with E-state index in [0.717, 1.165) is 12.1 Å². The number of halogens is 1. The van der Waals surface area contributed by atoms with Gasteiger partial charge in [0.25, 0.3) is 60.7 Å². The average Bonchev–Trinajstić information content (AvgIpc) is 3.50. The van der Waals surface area contributed by atoms with Crippen LogP contribution in [0.5, 0.6) is 0 Å². The second-order valence-corrected chi connectivity index (χ2v) is 26.2. The molecule has 20 nitrogen and oxygen atoms in total. The number of fused-ring (bicyclic) bond motifs is 6. The first-order chi connectivity index (χ1) is 29.9. The summed E-state index contributed by atoms with van der Waals surface area (Å²) in [4.78, 5) is -1.60. The van der Waals surface area contributed by atoms with E-state index in [1.54, 1.807) is 61.5 Å². The topological polar surface area (TPSA) is 332 Å². The van der Waals surface area contributed by atoms with Crippen molar-refractivity contribution in [3.63, 3.8) is 0 Å². The van der Waals surface area contributed by atoms with Crippen LogP contribution in [0.4, 0.5) is 11.4 Å². The third-order valence-electron chi connectivity index (χ3n) is 11.3. The van der Waals surface area contributed by atoms with Crippen molar-refractivity contribution >= 4 is 145 Å². The Hall–Kier alpha value is -2.97. The normalized spacial score (nSPS) is 17.4. The molecule has 0 fully saturated rings. The van der Waals surface area contributed by atoms with Crippen LogP contribution in [0, 0.1) is 0 Å². The summed E-state index contributed by atoms with van der Waals surface area (Å²) < 4.78 is 208. The van der Waals surface area contributed by atoms with Gasteiger partial charge in [-0.25, -0.2) is 0 Å². The molecule has 0 saturated carbocycles. The number of rotatable bonds is 15. The Bertz CT molecular complexity index is 3610. The first-order valence-corrected chi connectivity index (χ1v) is 28.9. The van der Waals surface area contributed by atoms with Gasteiger partial charge >= 0.3 is 29.6 Å². The van der Waals surface area contributed by atoms with Gasteiger partial charge in [0.2, 0.25) is 5.69 Å². The van der Waals surface area contributed by atoms with Crippen molar-refractivity contribution in [3.8, 4) is 0 Å². The molecule has 0 aliphatic carbocycles. The fraction of sp³-hybridized carbons (Fsp3) is 0.308. The predicted octanol–water partition coefficient (Wildman–Crippen LogP) is 4.78. The Balaban J connectivity index is 0.00000840. The van der Waals surface area contributed by atoms with Crippen molar-refractivity contribution in [2.24, 2.45) is 0 Å². The molecule has 360 valence electrons. The second-order valence-electron chi connectivity index (χ2n) is 16.5. The summed E-state index contributed by atoms with van der Waals surface area (Å²) in [5.41, 5.74) is -0.0397. The molecule has 0 aromatic heterocycles. The van der Waals surface area contributed by atoms with Crippen LogP contribution in [-0.4, -0.2) is 142 Å². The monoisotopic (exact) mass is 1120 g/mol. The number of hydrogen-bond donors (Lipinski definition) is 6. The molecule has 0 spiro atoms. The van der Waals surface area contributed by atoms with Crippen molar-refractivity contribution in [3.05, 3.63) is 94.1 Å². The molecule has 28 heteroatoms. The van der Waals surface area contributed by atoms with Crippen molar-refractivity contribution in [1.82, 2.24) is 0 Å². The fourth-order valence-electron chi connectivity index (χ4n) is 8.67. The number of benzene rings is 4. The van der Waals surface area contributed by atoms with E-state index in [2.05, 4.69) is 15.9 Å². The van der Waals surface area contributed by atoms with Gasteiger partial charge in [0.05, 0.1) is 26.7 Å². The minimum atomic E-state index is -5.06. The van der Waals surface area contributed by atoms with E-state index in [9.17, 15) is 77.8 Å². The SMILES string of the molecule is CC1(C)C(/C=C/C(Br)=C/C=C2/N(CCCS(=O)(=O)O)c3ccc4c(S(=O)(=O)O)cc(S(=O)(=O)O)cc4c3C2(C)C)=[N+](CCCS(=O)(=O)O)c2ccc3c(S(=O)(=O)O)cc(S(=O)(=O)O)cc3c21.[NaH]. The Morgan fingerprint density at radius 3 is 1.58 bits per heavy atom. The zero-order valence-corrected chi connectivity index (χ0v) is 41.5. The maximum absolute atomic E-state index is 12.5. The Kier molecular flexibility index (Phi) is 15.3. The summed E-state index contributed by atoms with van der Waals surface area (Å²) in [6.07, 6.45) is 6.15. The van der Waals surface area contributed by atoms with Crippen molar-refractivity contribution in [2.75, 3.05) is 29.5 Å². The van der Waals surface area contributed by atoms with Gasteiger partial charge in [0.1, 0.15) is 16.3 Å². The molecule has 4 aromatic carbocycles. The van der Waals surface area contributed by atoms with Crippen LogP contribution in [0.3, 0.4) is 0 Å². The molecule has 6 N–H and O–H groups in total. The second kappa shape index (κ2) is 18.7. The standard InChI is InChI=1S/C39H41BrN2O18S6.Na.H/c1-38(2)34(41(15-5-17-61(43,44)45)30-11-9-26-28(36(30)38)19-24(63(49,50)51)21-32(26)65(55,56)57)13-7-23(40)8-14-35-39(3,4)37-29-20-25(64(52,53)54)22-33(66(58,59)60)27(29)10-12-31(37)42(35)16-6-18-62(46,47)48;;/h7-14,19-22H,5-6,15-18H2,1-4H3,(H5-,43,44,45,46,47,48,49,50,51,52,53,54,55,56,57,58,59,60);;/p+1. The average molecular weight is 1120 g/mol. The molecule has 0 unspecified atom stereocenters. The molecule has 6 rings (SSSR count). The number of allylic oxidation sites excluding steroid dienone is 6. The minimum absolute atomic E-state index is 0. The van der Waals surface area contributed by atoms with Gasteiger partial charge in [0.15, 0.2) is 5.71 Å². The van der Waals surface area contributed by atoms with Gasteiger partial charge in [-0.1, -0.05) is 35.8 Å². The molecular weight excluding hydrogens is 1080 g/mol. The van der Waals surface area contributed by atoms with Gasteiger partial charge in [-0.2, -0.15) is 55.1 Å². The molecule has 2 aliphatic heterocycles. The van der Waals surface area contributed by atoms with Crippen molar-refractivity contribution < 1.29 is 82.4 Å². The molecule has 0 radical (unpaired) electrons. The molecule has 67 heavy (non-hydrogen) atoms. The first-order valence-electron chi connectivity index (χ1n) is 19.2. The zero-order valence-electron chi connectivity index (χ0n) is 35.0. The van der Waals surface area contributed by atoms with Gasteiger partial charge in [-0.3, -0.25) is 27.3 Å². The van der Waals surface area contributed by atoms with E-state index in [1.165, 1.54) is 24.3 Å². The summed E-state index contributed by atoms with van der Waals surface area (Å²) in [5.74, 6) is -1.30. The first kappa shape index (κ1) is 55.0. The van der Waals surface area contributed by atoms with E-state index in [-0.39, 0.29) is 77.0 Å². The molecule has 4 aromatic rings. The predicted molar refractivity (Wildman–Crippen MR) is 254 cm³/mol. The third kappa shape index (κ3) is 11.5. The molecule has 2 heterocycles. The number of anilines is 1. The molecule has 0 atom stereocenters. The quantitative estimate of drug-likeness (QED) is 0.0404. The van der Waals surface area contributed by atoms with Gasteiger partial charge < -0.3 is 4.90 Å². The molecular formula is C39H43BrN2NaO18S6+. The Morgan fingerprint density at radius 1 is 0.627 bits per heavy atom. The molecule has 0 bridgehead atoms. The molecule has 0 saturated heterocycles. The summed E-state index contributed by atoms with van der Waals surface area (Å²) in [6, 6.07) is 8.92. The van der Waals surface area contributed by atoms with Gasteiger partial charge in [-0.15, -0.1) is 0 Å². The van der Waals surface area contributed by atoms with E-state index < -0.39 is 103 Å². The van der Waals surface area contributed by atoms with E-state index in [0.29, 0.717) is 50.5 Å². The van der Waals surface area contributed by atoms with Gasteiger partial charge in [0, 0.05) is 62.7 Å². The summed E-state index contributed by atoms with van der Waals surface area (Å²) in [5, 5.41) is -0.158. The van der Waals surface area contributed by atoms with Crippen molar-refractivity contribution in [2.45, 2.75) is 70.9 Å². The van der Waals surface area contributed by atoms with Crippen LogP contribution >= 0.6 is 15.9 Å². The van der Waals surface area contributed by atoms with Crippen LogP contribution in [0.1, 0.15) is 51.7 Å². The van der Waals surface area contributed by atoms with Crippen LogP contribution in [0.2, 0.25) is 0 Å². The van der Waals surface area contributed by atoms with Crippen LogP contribution in [-0.2, 0) is 71.5 Å². The zero-order chi connectivity index (χ0) is 49.5. The summed E-state index contributed by atoms with van der Waals surface area (Å²) in [6.45, 7) is 6.72. The molecule has 2 aliphatic rings. The summed E-state index contributed by atoms with van der Waals surface area (Å²) in [7, 11) is -29.0. The third-order valence-corrected chi connectivity index (χ3v) is 16.9. The number of nitrogens with zero attached hydrogens (tertiary/aromatic N) is 2. The van der Waals surface area contributed by atoms with Crippen LogP contribution < -0.4 is 4.90 Å². The van der Waals surface area contributed by atoms with E-state index in [1.807, 2.05) is 0 Å². The number of hydrogen-bond acceptors (Lipinski definition) is 13. The van der Waals surface area contributed by atoms with E-state index >= 15 is 0 Å². The van der Waals surface area contributed by atoms with Gasteiger partial charge in [-0.05, 0) is 91.2 Å². The molecule has 0 amide bonds. The van der Waals surface area contributed by atoms with Crippen LogP contribution in [0.15, 0.2) is 103 Å².